The molecule has 0 radical (unpaired) electrons. The molecule has 0 aliphatic heterocycles. The lowest BCUT2D eigenvalue weighted by Crippen LogP contribution is -2.19. The maximum Gasteiger partial charge on any atom is 0.129 e. The molecule has 1 N–H and O–H groups in total. The van der Waals surface area contributed by atoms with Crippen LogP contribution >= 0.6 is 12.2 Å². The maximum absolute atomic E-state index is 5.19. The summed E-state index contributed by atoms with van der Waals surface area (Å²) in [6.45, 7) is 6.73. The van der Waals surface area contributed by atoms with E-state index in [1.165, 1.54) is 25.7 Å². The van der Waals surface area contributed by atoms with E-state index in [2.05, 4.69) is 30.7 Å². The number of H-pyrrole nitrogens is 1. The van der Waals surface area contributed by atoms with E-state index in [4.69, 9.17) is 12.2 Å². The van der Waals surface area contributed by atoms with Crippen LogP contribution in [0.2, 0.25) is 0 Å². The molecule has 0 amide bonds. The van der Waals surface area contributed by atoms with E-state index in [1.54, 1.807) is 0 Å². The van der Waals surface area contributed by atoms with E-state index in [1.807, 2.05) is 6.07 Å². The van der Waals surface area contributed by atoms with Gasteiger partial charge in [-0.2, -0.15) is 0 Å². The minimum absolute atomic E-state index is 0.589. The van der Waals surface area contributed by atoms with Crippen LogP contribution in [0.4, 0.5) is 0 Å². The fourth-order valence-electron chi connectivity index (χ4n) is 2.85. The van der Waals surface area contributed by atoms with Crippen molar-refractivity contribution in [2.24, 2.45) is 11.8 Å². The smallest absolute Gasteiger partial charge is 0.129 e. The molecule has 0 unspecified atom stereocenters. The zero-order valence-corrected chi connectivity index (χ0v) is 11.8. The number of aromatic amines is 1. The molecule has 3 heteroatoms. The number of aromatic nitrogens is 2. The van der Waals surface area contributed by atoms with Gasteiger partial charge in [-0.15, -0.1) is 0 Å². The summed E-state index contributed by atoms with van der Waals surface area (Å²) < 4.78 is 0.724. The lowest BCUT2D eigenvalue weighted by Gasteiger charge is -2.30. The maximum atomic E-state index is 5.19. The molecule has 1 saturated carbocycles. The zero-order valence-electron chi connectivity index (χ0n) is 11.0. The van der Waals surface area contributed by atoms with Crippen molar-refractivity contribution in [3.8, 4) is 0 Å². The molecule has 0 atom stereocenters. The average Bonchev–Trinajstić information content (AvgIpc) is 2.28. The van der Waals surface area contributed by atoms with Crippen LogP contribution in [-0.4, -0.2) is 9.97 Å². The largest absolute Gasteiger partial charge is 0.347 e. The Balaban J connectivity index is 2.08. The third-order valence-electron chi connectivity index (χ3n) is 4.00. The standard InChI is InChI=1S/C14H22N2S/c1-9(2)11-4-6-12(7-5-11)14-15-10(3)8-13(17)16-14/h8-9,11-12H,4-7H2,1-3H3,(H,15,16,17). The van der Waals surface area contributed by atoms with Crippen LogP contribution in [0.3, 0.4) is 0 Å². The first-order chi connectivity index (χ1) is 8.06. The van der Waals surface area contributed by atoms with E-state index in [0.29, 0.717) is 5.92 Å². The molecule has 17 heavy (non-hydrogen) atoms. The Labute approximate surface area is 109 Å². The van der Waals surface area contributed by atoms with Gasteiger partial charge in [-0.1, -0.05) is 26.1 Å². The molecule has 2 nitrogen and oxygen atoms in total. The highest BCUT2D eigenvalue weighted by Gasteiger charge is 2.25. The summed E-state index contributed by atoms with van der Waals surface area (Å²) in [5.41, 5.74) is 1.13. The molecule has 94 valence electrons. The van der Waals surface area contributed by atoms with Crippen LogP contribution in [0.15, 0.2) is 6.07 Å². The second-order valence-corrected chi connectivity index (χ2v) is 6.06. The summed E-state index contributed by atoms with van der Waals surface area (Å²) >= 11 is 5.19. The Hall–Kier alpha value is -0.700. The normalized spacial score (nSPS) is 25.2. The lowest BCUT2D eigenvalue weighted by atomic mass is 9.77. The second kappa shape index (κ2) is 5.30. The molecule has 0 saturated heterocycles. The van der Waals surface area contributed by atoms with Crippen molar-refractivity contribution >= 4 is 12.2 Å². The predicted molar refractivity (Wildman–Crippen MR) is 73.7 cm³/mol. The van der Waals surface area contributed by atoms with Crippen LogP contribution in [-0.2, 0) is 0 Å². The molecule has 1 heterocycles. The van der Waals surface area contributed by atoms with E-state index in [-0.39, 0.29) is 0 Å². The first-order valence-electron chi connectivity index (χ1n) is 6.64. The zero-order chi connectivity index (χ0) is 12.4. The molecule has 2 rings (SSSR count). The monoisotopic (exact) mass is 250 g/mol. The van der Waals surface area contributed by atoms with Gasteiger partial charge in [0, 0.05) is 11.6 Å². The van der Waals surface area contributed by atoms with Gasteiger partial charge in [0.2, 0.25) is 0 Å². The van der Waals surface area contributed by atoms with Gasteiger partial charge in [-0.05, 0) is 50.5 Å². The van der Waals surface area contributed by atoms with Gasteiger partial charge in [0.25, 0.3) is 0 Å². The minimum atomic E-state index is 0.589. The fraction of sp³-hybridized carbons (Fsp3) is 0.714. The van der Waals surface area contributed by atoms with Gasteiger partial charge >= 0.3 is 0 Å². The highest BCUT2D eigenvalue weighted by atomic mass is 32.1. The van der Waals surface area contributed by atoms with Crippen LogP contribution in [0, 0.1) is 23.4 Å². The van der Waals surface area contributed by atoms with Crippen LogP contribution in [0.25, 0.3) is 0 Å². The summed E-state index contributed by atoms with van der Waals surface area (Å²) in [6.07, 6.45) is 5.17. The number of rotatable bonds is 2. The van der Waals surface area contributed by atoms with E-state index in [0.717, 1.165) is 28.0 Å². The van der Waals surface area contributed by atoms with Gasteiger partial charge in [0.1, 0.15) is 10.5 Å². The van der Waals surface area contributed by atoms with Crippen molar-refractivity contribution in [1.29, 1.82) is 0 Å². The summed E-state index contributed by atoms with van der Waals surface area (Å²) in [5, 5.41) is 0. The van der Waals surface area contributed by atoms with E-state index < -0.39 is 0 Å². The number of hydrogen-bond acceptors (Lipinski definition) is 2. The molecule has 1 aromatic heterocycles. The molecule has 1 aliphatic rings. The summed E-state index contributed by atoms with van der Waals surface area (Å²) in [6, 6.07) is 1.93. The first-order valence-corrected chi connectivity index (χ1v) is 7.05. The summed E-state index contributed by atoms with van der Waals surface area (Å²) in [7, 11) is 0. The number of aryl methyl sites for hydroxylation is 1. The average molecular weight is 250 g/mol. The molecule has 1 aliphatic carbocycles. The van der Waals surface area contributed by atoms with Crippen molar-refractivity contribution in [2.75, 3.05) is 0 Å². The number of nitrogens with zero attached hydrogens (tertiary/aromatic N) is 1. The summed E-state index contributed by atoms with van der Waals surface area (Å²) in [5.74, 6) is 3.42. The summed E-state index contributed by atoms with van der Waals surface area (Å²) in [4.78, 5) is 7.87. The topological polar surface area (TPSA) is 28.7 Å². The Kier molecular flexibility index (Phi) is 3.97. The Morgan fingerprint density at radius 3 is 2.47 bits per heavy atom. The van der Waals surface area contributed by atoms with E-state index >= 15 is 0 Å². The van der Waals surface area contributed by atoms with E-state index in [9.17, 15) is 0 Å². The number of nitrogens with one attached hydrogen (secondary N) is 1. The molecule has 0 aromatic carbocycles. The Morgan fingerprint density at radius 1 is 1.29 bits per heavy atom. The highest BCUT2D eigenvalue weighted by Crippen LogP contribution is 2.37. The molecular weight excluding hydrogens is 228 g/mol. The Morgan fingerprint density at radius 2 is 1.94 bits per heavy atom. The molecule has 0 bridgehead atoms. The van der Waals surface area contributed by atoms with Crippen LogP contribution < -0.4 is 0 Å². The molecule has 1 fully saturated rings. The fourth-order valence-corrected chi connectivity index (χ4v) is 3.13. The van der Waals surface area contributed by atoms with Crippen molar-refractivity contribution < 1.29 is 0 Å². The van der Waals surface area contributed by atoms with Gasteiger partial charge in [-0.25, -0.2) is 4.98 Å². The lowest BCUT2D eigenvalue weighted by molar-refractivity contribution is 0.254. The van der Waals surface area contributed by atoms with Gasteiger partial charge in [-0.3, -0.25) is 0 Å². The number of hydrogen-bond donors (Lipinski definition) is 1. The van der Waals surface area contributed by atoms with Crippen LogP contribution in [0.1, 0.15) is 57.0 Å². The van der Waals surface area contributed by atoms with Crippen molar-refractivity contribution in [3.05, 3.63) is 22.2 Å². The third-order valence-corrected chi connectivity index (χ3v) is 4.21. The second-order valence-electron chi connectivity index (χ2n) is 5.64. The van der Waals surface area contributed by atoms with Crippen molar-refractivity contribution in [3.63, 3.8) is 0 Å². The first kappa shape index (κ1) is 12.7. The van der Waals surface area contributed by atoms with Crippen molar-refractivity contribution in [2.45, 2.75) is 52.4 Å². The third kappa shape index (κ3) is 3.15. The Bertz CT molecular complexity index is 428. The molecular formula is C14H22N2S. The van der Waals surface area contributed by atoms with Gasteiger partial charge in [0.15, 0.2) is 0 Å². The van der Waals surface area contributed by atoms with Gasteiger partial charge < -0.3 is 4.98 Å². The van der Waals surface area contributed by atoms with Gasteiger partial charge in [0.05, 0.1) is 0 Å². The highest BCUT2D eigenvalue weighted by molar-refractivity contribution is 7.71. The molecule has 1 aromatic rings. The van der Waals surface area contributed by atoms with Crippen molar-refractivity contribution in [1.82, 2.24) is 9.97 Å². The molecule has 0 spiro atoms. The SMILES string of the molecule is Cc1cc(=S)nc(C2CCC(C(C)C)CC2)[nH]1. The quantitative estimate of drug-likeness (QED) is 0.789. The predicted octanol–water partition coefficient (Wildman–Crippen LogP) is 4.38. The minimum Gasteiger partial charge on any atom is -0.347 e. The van der Waals surface area contributed by atoms with Crippen LogP contribution in [0.5, 0.6) is 0 Å².